The topological polar surface area (TPSA) is 61.4 Å². The molecular formula is C12H23N3O2S. The second-order valence-electron chi connectivity index (χ2n) is 5.92. The molecular weight excluding hydrogens is 250 g/mol. The van der Waals surface area contributed by atoms with Gasteiger partial charge in [-0.15, -0.1) is 0 Å². The minimum absolute atomic E-state index is 0.150. The molecule has 3 rings (SSSR count). The summed E-state index contributed by atoms with van der Waals surface area (Å²) in [5, 5.41) is 3.42. The molecule has 0 amide bonds. The quantitative estimate of drug-likeness (QED) is 0.778. The van der Waals surface area contributed by atoms with Crippen LogP contribution in [0.5, 0.6) is 0 Å². The van der Waals surface area contributed by atoms with E-state index in [9.17, 15) is 8.42 Å². The lowest BCUT2D eigenvalue weighted by Gasteiger charge is -2.32. The molecule has 1 unspecified atom stereocenters. The fourth-order valence-electron chi connectivity index (χ4n) is 3.62. The summed E-state index contributed by atoms with van der Waals surface area (Å²) in [5.74, 6) is 1.45. The third-order valence-electron chi connectivity index (χ3n) is 4.67. The molecule has 1 saturated carbocycles. The molecule has 6 heteroatoms. The molecule has 2 aliphatic heterocycles. The van der Waals surface area contributed by atoms with Gasteiger partial charge in [0.2, 0.25) is 0 Å². The highest BCUT2D eigenvalue weighted by Crippen LogP contribution is 2.33. The minimum Gasteiger partial charge on any atom is -0.316 e. The highest BCUT2D eigenvalue weighted by molar-refractivity contribution is 7.87. The predicted octanol–water partition coefficient (Wildman–Crippen LogP) is 0.305. The summed E-state index contributed by atoms with van der Waals surface area (Å²) < 4.78 is 28.9. The second kappa shape index (κ2) is 5.07. The molecule has 0 spiro atoms. The van der Waals surface area contributed by atoms with Crippen LogP contribution in [0, 0.1) is 11.8 Å². The summed E-state index contributed by atoms with van der Waals surface area (Å²) in [6.45, 7) is 3.56. The molecule has 5 nitrogen and oxygen atoms in total. The molecule has 2 saturated heterocycles. The molecule has 0 radical (unpaired) electrons. The minimum atomic E-state index is -3.23. The van der Waals surface area contributed by atoms with Gasteiger partial charge in [-0.1, -0.05) is 0 Å². The van der Waals surface area contributed by atoms with Gasteiger partial charge in [0.05, 0.1) is 0 Å². The van der Waals surface area contributed by atoms with Crippen LogP contribution in [0.3, 0.4) is 0 Å². The number of fused-ring (bicyclic) bond motifs is 1. The number of hydrogen-bond acceptors (Lipinski definition) is 3. The van der Waals surface area contributed by atoms with E-state index in [1.165, 1.54) is 0 Å². The van der Waals surface area contributed by atoms with Crippen molar-refractivity contribution < 1.29 is 8.42 Å². The van der Waals surface area contributed by atoms with Gasteiger partial charge in [0.25, 0.3) is 10.2 Å². The van der Waals surface area contributed by atoms with Crippen molar-refractivity contribution in [2.45, 2.75) is 38.1 Å². The van der Waals surface area contributed by atoms with Crippen molar-refractivity contribution in [3.8, 4) is 0 Å². The molecule has 1 aliphatic carbocycles. The molecule has 3 fully saturated rings. The summed E-state index contributed by atoms with van der Waals surface area (Å²) in [4.78, 5) is 0. The summed E-state index contributed by atoms with van der Waals surface area (Å²) in [7, 11) is -3.23. The van der Waals surface area contributed by atoms with E-state index in [0.29, 0.717) is 19.0 Å². The van der Waals surface area contributed by atoms with Crippen LogP contribution >= 0.6 is 0 Å². The average Bonchev–Trinajstić information content (AvgIpc) is 2.99. The van der Waals surface area contributed by atoms with E-state index >= 15 is 0 Å². The maximum Gasteiger partial charge on any atom is 0.279 e. The Balaban J connectivity index is 1.59. The normalized spacial score (nSPS) is 37.9. The molecule has 2 N–H and O–H groups in total. The monoisotopic (exact) mass is 273 g/mol. The highest BCUT2D eigenvalue weighted by atomic mass is 32.2. The zero-order valence-corrected chi connectivity index (χ0v) is 11.6. The number of nitrogens with one attached hydrogen (secondary N) is 2. The van der Waals surface area contributed by atoms with E-state index in [2.05, 4.69) is 10.0 Å². The largest absolute Gasteiger partial charge is 0.316 e. The summed E-state index contributed by atoms with van der Waals surface area (Å²) in [6, 6.07) is 0.150. The van der Waals surface area contributed by atoms with Crippen molar-refractivity contribution in [1.29, 1.82) is 0 Å². The molecule has 2 heterocycles. The van der Waals surface area contributed by atoms with Crippen molar-refractivity contribution in [2.24, 2.45) is 11.8 Å². The van der Waals surface area contributed by atoms with Crippen LogP contribution < -0.4 is 10.0 Å². The number of nitrogens with zero attached hydrogens (tertiary/aromatic N) is 1. The first-order valence-electron chi connectivity index (χ1n) is 7.13. The van der Waals surface area contributed by atoms with Crippen LogP contribution in [0.1, 0.15) is 32.1 Å². The summed E-state index contributed by atoms with van der Waals surface area (Å²) >= 11 is 0. The van der Waals surface area contributed by atoms with Crippen molar-refractivity contribution in [3.05, 3.63) is 0 Å². The fraction of sp³-hybridized carbons (Fsp3) is 1.00. The molecule has 0 aromatic carbocycles. The standard InChI is InChI=1S/C12H23N3O2S/c16-18(17,15-5-1-2-6-15)14-12-4-3-10-8-13-9-11(10)7-12/h10-14H,1-9H2/t10-,11+,12?/m0/s1. The SMILES string of the molecule is O=S(=O)(NC1CC[C@H]2CNC[C@H]2C1)N1CCCC1. The van der Waals surface area contributed by atoms with E-state index < -0.39 is 10.2 Å². The van der Waals surface area contributed by atoms with Gasteiger partial charge < -0.3 is 5.32 Å². The third-order valence-corrected chi connectivity index (χ3v) is 6.35. The Morgan fingerprint density at radius 2 is 1.78 bits per heavy atom. The lowest BCUT2D eigenvalue weighted by Crippen LogP contribution is -2.46. The van der Waals surface area contributed by atoms with E-state index in [1.54, 1.807) is 4.31 Å². The Morgan fingerprint density at radius 3 is 2.56 bits per heavy atom. The first-order valence-corrected chi connectivity index (χ1v) is 8.57. The van der Waals surface area contributed by atoms with Crippen LogP contribution in [0.25, 0.3) is 0 Å². The average molecular weight is 273 g/mol. The molecule has 18 heavy (non-hydrogen) atoms. The molecule has 3 aliphatic rings. The van der Waals surface area contributed by atoms with Crippen molar-refractivity contribution >= 4 is 10.2 Å². The van der Waals surface area contributed by atoms with E-state index in [0.717, 1.165) is 51.1 Å². The Bertz CT molecular complexity index is 392. The first kappa shape index (κ1) is 12.8. The fourth-order valence-corrected chi connectivity index (χ4v) is 5.14. The first-order chi connectivity index (χ1) is 8.65. The van der Waals surface area contributed by atoms with Crippen molar-refractivity contribution in [2.75, 3.05) is 26.2 Å². The Morgan fingerprint density at radius 1 is 1.06 bits per heavy atom. The molecule has 0 aromatic rings. The van der Waals surface area contributed by atoms with Gasteiger partial charge >= 0.3 is 0 Å². The van der Waals surface area contributed by atoms with E-state index in [1.807, 2.05) is 0 Å². The van der Waals surface area contributed by atoms with Crippen molar-refractivity contribution in [3.63, 3.8) is 0 Å². The van der Waals surface area contributed by atoms with Gasteiger partial charge in [0, 0.05) is 19.1 Å². The van der Waals surface area contributed by atoms with Gasteiger partial charge in [-0.2, -0.15) is 17.4 Å². The zero-order chi connectivity index (χ0) is 12.6. The maximum absolute atomic E-state index is 12.2. The Labute approximate surface area is 109 Å². The smallest absolute Gasteiger partial charge is 0.279 e. The molecule has 3 atom stereocenters. The second-order valence-corrected chi connectivity index (χ2v) is 7.62. The van der Waals surface area contributed by atoms with E-state index in [4.69, 9.17) is 0 Å². The highest BCUT2D eigenvalue weighted by Gasteiger charge is 2.36. The lowest BCUT2D eigenvalue weighted by atomic mass is 9.79. The van der Waals surface area contributed by atoms with Crippen molar-refractivity contribution in [1.82, 2.24) is 14.3 Å². The van der Waals surface area contributed by atoms with Gasteiger partial charge in [-0.05, 0) is 57.0 Å². The summed E-state index contributed by atoms with van der Waals surface area (Å²) in [6.07, 6.45) is 5.16. The van der Waals surface area contributed by atoms with Crippen LogP contribution in [-0.2, 0) is 10.2 Å². The maximum atomic E-state index is 12.2. The van der Waals surface area contributed by atoms with Gasteiger partial charge in [0.15, 0.2) is 0 Å². The molecule has 104 valence electrons. The Hall–Kier alpha value is -0.170. The Kier molecular flexibility index (Phi) is 3.62. The van der Waals surface area contributed by atoms with E-state index in [-0.39, 0.29) is 6.04 Å². The van der Waals surface area contributed by atoms with Gasteiger partial charge in [-0.25, -0.2) is 0 Å². The number of hydrogen-bond donors (Lipinski definition) is 2. The number of rotatable bonds is 3. The lowest BCUT2D eigenvalue weighted by molar-refractivity contribution is 0.257. The third kappa shape index (κ3) is 2.57. The van der Waals surface area contributed by atoms with Crippen LogP contribution in [0.4, 0.5) is 0 Å². The summed E-state index contributed by atoms with van der Waals surface area (Å²) in [5.41, 5.74) is 0. The molecule has 0 aromatic heterocycles. The zero-order valence-electron chi connectivity index (χ0n) is 10.8. The van der Waals surface area contributed by atoms with Crippen LogP contribution in [-0.4, -0.2) is 44.9 Å². The van der Waals surface area contributed by atoms with Gasteiger partial charge in [-0.3, -0.25) is 0 Å². The van der Waals surface area contributed by atoms with Gasteiger partial charge in [0.1, 0.15) is 0 Å². The van der Waals surface area contributed by atoms with Crippen LogP contribution in [0.15, 0.2) is 0 Å². The molecule has 0 bridgehead atoms. The predicted molar refractivity (Wildman–Crippen MR) is 70.4 cm³/mol. The van der Waals surface area contributed by atoms with Crippen LogP contribution in [0.2, 0.25) is 0 Å².